The van der Waals surface area contributed by atoms with Crippen LogP contribution in [-0.4, -0.2) is 43.6 Å². The molecule has 25 heavy (non-hydrogen) atoms. The molecule has 1 fully saturated rings. The summed E-state index contributed by atoms with van der Waals surface area (Å²) in [5.41, 5.74) is 7.19. The third-order valence-electron chi connectivity index (χ3n) is 4.97. The number of guanidine groups is 1. The highest BCUT2D eigenvalue weighted by Gasteiger charge is 2.22. The highest BCUT2D eigenvalue weighted by molar-refractivity contribution is 5.84. The van der Waals surface area contributed by atoms with Gasteiger partial charge in [0.05, 0.1) is 13.7 Å². The number of aliphatic imine (C=N–C) groups is 1. The molecule has 0 amide bonds. The predicted molar refractivity (Wildman–Crippen MR) is 104 cm³/mol. The van der Waals surface area contributed by atoms with Crippen molar-refractivity contribution in [1.82, 2.24) is 10.2 Å². The molecule has 2 aromatic carbocycles. The van der Waals surface area contributed by atoms with Crippen LogP contribution in [0.15, 0.2) is 41.4 Å². The Bertz CT molecular complexity index is 744. The maximum Gasteiger partial charge on any atom is 0.188 e. The Hall–Kier alpha value is -2.27. The van der Waals surface area contributed by atoms with E-state index in [1.54, 1.807) is 7.11 Å². The first-order valence-corrected chi connectivity index (χ1v) is 9.04. The number of likely N-dealkylation sites (N-methyl/N-ethyl adjacent to an activating group) is 1. The number of nitrogens with one attached hydrogen (secondary N) is 1. The van der Waals surface area contributed by atoms with Crippen molar-refractivity contribution in [2.75, 3.05) is 26.7 Å². The Morgan fingerprint density at radius 2 is 2.08 bits per heavy atom. The SMILES string of the molecule is CCN1CCCC1CNC(N)=NCc1ccc2cc(OC)ccc2c1. The quantitative estimate of drug-likeness (QED) is 0.627. The summed E-state index contributed by atoms with van der Waals surface area (Å²) in [4.78, 5) is 6.98. The van der Waals surface area contributed by atoms with Gasteiger partial charge in [0.15, 0.2) is 5.96 Å². The van der Waals surface area contributed by atoms with E-state index in [1.165, 1.54) is 30.2 Å². The van der Waals surface area contributed by atoms with E-state index in [2.05, 4.69) is 46.4 Å². The molecule has 5 nitrogen and oxygen atoms in total. The van der Waals surface area contributed by atoms with Crippen LogP contribution in [0.2, 0.25) is 0 Å². The lowest BCUT2D eigenvalue weighted by Crippen LogP contribution is -2.42. The topological polar surface area (TPSA) is 62.9 Å². The van der Waals surface area contributed by atoms with Gasteiger partial charge in [0.1, 0.15) is 5.75 Å². The molecule has 1 unspecified atom stereocenters. The van der Waals surface area contributed by atoms with Crippen LogP contribution >= 0.6 is 0 Å². The second kappa shape index (κ2) is 8.21. The smallest absolute Gasteiger partial charge is 0.188 e. The van der Waals surface area contributed by atoms with E-state index in [1.807, 2.05) is 12.1 Å². The first-order valence-electron chi connectivity index (χ1n) is 9.04. The largest absolute Gasteiger partial charge is 0.497 e. The molecule has 3 rings (SSSR count). The maximum absolute atomic E-state index is 6.04. The summed E-state index contributed by atoms with van der Waals surface area (Å²) in [5.74, 6) is 1.40. The molecule has 1 aliphatic rings. The minimum Gasteiger partial charge on any atom is -0.497 e. The summed E-state index contributed by atoms with van der Waals surface area (Å²) < 4.78 is 5.27. The lowest BCUT2D eigenvalue weighted by molar-refractivity contribution is 0.267. The average Bonchev–Trinajstić information content (AvgIpc) is 3.11. The Morgan fingerprint density at radius 1 is 1.28 bits per heavy atom. The monoisotopic (exact) mass is 340 g/mol. The summed E-state index contributed by atoms with van der Waals surface area (Å²) in [6.07, 6.45) is 2.52. The van der Waals surface area contributed by atoms with E-state index < -0.39 is 0 Å². The lowest BCUT2D eigenvalue weighted by atomic mass is 10.1. The second-order valence-corrected chi connectivity index (χ2v) is 6.55. The van der Waals surface area contributed by atoms with Crippen LogP contribution in [0.1, 0.15) is 25.3 Å². The standard InChI is InChI=1S/C20H28N4O/c1-3-24-10-4-5-18(24)14-23-20(21)22-13-15-6-7-17-12-19(25-2)9-8-16(17)11-15/h6-9,11-12,18H,3-5,10,13-14H2,1-2H3,(H3,21,22,23). The van der Waals surface area contributed by atoms with Crippen molar-refractivity contribution in [2.24, 2.45) is 10.7 Å². The minimum absolute atomic E-state index is 0.526. The molecule has 1 atom stereocenters. The third kappa shape index (κ3) is 4.42. The van der Waals surface area contributed by atoms with E-state index in [0.717, 1.165) is 24.4 Å². The zero-order valence-corrected chi connectivity index (χ0v) is 15.2. The fraction of sp³-hybridized carbons (Fsp3) is 0.450. The van der Waals surface area contributed by atoms with Crippen molar-refractivity contribution in [3.63, 3.8) is 0 Å². The average molecular weight is 340 g/mol. The number of hydrogen-bond acceptors (Lipinski definition) is 3. The number of benzene rings is 2. The third-order valence-corrected chi connectivity index (χ3v) is 4.97. The van der Waals surface area contributed by atoms with Gasteiger partial charge < -0.3 is 15.8 Å². The predicted octanol–water partition coefficient (Wildman–Crippen LogP) is 2.74. The number of fused-ring (bicyclic) bond motifs is 1. The molecule has 1 aliphatic heterocycles. The lowest BCUT2D eigenvalue weighted by Gasteiger charge is -2.23. The molecule has 1 heterocycles. The summed E-state index contributed by atoms with van der Waals surface area (Å²) >= 11 is 0. The van der Waals surface area contributed by atoms with Crippen molar-refractivity contribution < 1.29 is 4.74 Å². The Balaban J connectivity index is 1.58. The molecule has 2 aromatic rings. The van der Waals surface area contributed by atoms with Crippen LogP contribution < -0.4 is 15.8 Å². The van der Waals surface area contributed by atoms with E-state index in [-0.39, 0.29) is 0 Å². The van der Waals surface area contributed by atoms with Crippen LogP contribution in [0.3, 0.4) is 0 Å². The van der Waals surface area contributed by atoms with Gasteiger partial charge >= 0.3 is 0 Å². The van der Waals surface area contributed by atoms with Crippen molar-refractivity contribution in [1.29, 1.82) is 0 Å². The zero-order chi connectivity index (χ0) is 17.6. The number of hydrogen-bond donors (Lipinski definition) is 2. The van der Waals surface area contributed by atoms with Crippen LogP contribution in [0, 0.1) is 0 Å². The molecule has 0 bridgehead atoms. The van der Waals surface area contributed by atoms with E-state index in [9.17, 15) is 0 Å². The van der Waals surface area contributed by atoms with Crippen LogP contribution in [0.25, 0.3) is 10.8 Å². The molecule has 5 heteroatoms. The van der Waals surface area contributed by atoms with Gasteiger partial charge in [0.2, 0.25) is 0 Å². The van der Waals surface area contributed by atoms with Crippen molar-refractivity contribution in [2.45, 2.75) is 32.4 Å². The first kappa shape index (κ1) is 17.5. The van der Waals surface area contributed by atoms with Gasteiger partial charge in [-0.25, -0.2) is 4.99 Å². The fourth-order valence-electron chi connectivity index (χ4n) is 3.50. The molecule has 3 N–H and O–H groups in total. The van der Waals surface area contributed by atoms with Crippen LogP contribution in [-0.2, 0) is 6.54 Å². The van der Waals surface area contributed by atoms with Crippen molar-refractivity contribution in [3.05, 3.63) is 42.0 Å². The van der Waals surface area contributed by atoms with Gasteiger partial charge in [-0.05, 0) is 60.5 Å². The normalized spacial score (nSPS) is 18.6. The molecular formula is C20H28N4O. The molecule has 0 spiro atoms. The molecule has 0 saturated carbocycles. The van der Waals surface area contributed by atoms with Gasteiger partial charge in [-0.3, -0.25) is 4.90 Å². The highest BCUT2D eigenvalue weighted by atomic mass is 16.5. The van der Waals surface area contributed by atoms with Gasteiger partial charge in [0.25, 0.3) is 0 Å². The second-order valence-electron chi connectivity index (χ2n) is 6.55. The number of nitrogens with two attached hydrogens (primary N) is 1. The maximum atomic E-state index is 6.04. The summed E-state index contributed by atoms with van der Waals surface area (Å²) in [6.45, 7) is 5.97. The molecular weight excluding hydrogens is 312 g/mol. The molecule has 1 saturated heterocycles. The van der Waals surface area contributed by atoms with Gasteiger partial charge in [-0.2, -0.15) is 0 Å². The van der Waals surface area contributed by atoms with Gasteiger partial charge in [0, 0.05) is 12.6 Å². The number of ether oxygens (including phenoxy) is 1. The minimum atomic E-state index is 0.526. The zero-order valence-electron chi connectivity index (χ0n) is 15.2. The molecule has 0 aromatic heterocycles. The number of rotatable bonds is 6. The highest BCUT2D eigenvalue weighted by Crippen LogP contribution is 2.22. The first-order chi connectivity index (χ1) is 12.2. The van der Waals surface area contributed by atoms with E-state index >= 15 is 0 Å². The van der Waals surface area contributed by atoms with E-state index in [4.69, 9.17) is 10.5 Å². The van der Waals surface area contributed by atoms with Crippen LogP contribution in [0.5, 0.6) is 5.75 Å². The summed E-state index contributed by atoms with van der Waals surface area (Å²) in [7, 11) is 1.69. The summed E-state index contributed by atoms with van der Waals surface area (Å²) in [5, 5.41) is 5.63. The molecule has 0 radical (unpaired) electrons. The van der Waals surface area contributed by atoms with Crippen molar-refractivity contribution in [3.8, 4) is 5.75 Å². The molecule has 134 valence electrons. The molecule has 0 aliphatic carbocycles. The number of nitrogens with zero attached hydrogens (tertiary/aromatic N) is 2. The van der Waals surface area contributed by atoms with E-state index in [0.29, 0.717) is 18.5 Å². The van der Waals surface area contributed by atoms with Crippen molar-refractivity contribution >= 4 is 16.7 Å². The Morgan fingerprint density at radius 3 is 2.88 bits per heavy atom. The summed E-state index contributed by atoms with van der Waals surface area (Å²) in [6, 6.07) is 13.0. The van der Waals surface area contributed by atoms with Gasteiger partial charge in [-0.15, -0.1) is 0 Å². The van der Waals surface area contributed by atoms with Crippen LogP contribution in [0.4, 0.5) is 0 Å². The Kier molecular flexibility index (Phi) is 5.76. The Labute approximate surface area is 149 Å². The van der Waals surface area contributed by atoms with Gasteiger partial charge in [-0.1, -0.05) is 25.1 Å². The number of methoxy groups -OCH3 is 1. The fourth-order valence-corrected chi connectivity index (χ4v) is 3.50. The number of likely N-dealkylation sites (tertiary alicyclic amines) is 1.